The van der Waals surface area contributed by atoms with Gasteiger partial charge in [-0.25, -0.2) is 44.9 Å². The molecule has 92 heavy (non-hydrogen) atoms. The average molecular weight is 1300 g/mol. The van der Waals surface area contributed by atoms with Crippen molar-refractivity contribution < 1.29 is 0 Å². The molecular formula is C68H83Cl2N21S. The van der Waals surface area contributed by atoms with E-state index in [4.69, 9.17) is 28.2 Å². The van der Waals surface area contributed by atoms with Gasteiger partial charge in [-0.15, -0.1) is 11.3 Å². The topological polar surface area (TPSA) is 280 Å². The van der Waals surface area contributed by atoms with Crippen LogP contribution in [0.5, 0.6) is 0 Å². The number of aromatic nitrogens is 15. The monoisotopic (exact) mass is 1300 g/mol. The standard InChI is InChI=1S/C12H13Cl2N3.C12H15N3.C12H14N2S.2C11H14N4.C10H13N5/c13-8-5-10-11(6-9(8)14)17-12(16-10)7-1-3-15-4-2-7;2*1-2-4-11-10(3-1)14-12(15-11)9-5-7-13-8-6-9;1-4-12-5-2-8(1)11-14-9-3-6-13-7-10(9)15-11;1-2-9-11(13-5-1)15-10(14-9)8-3-6-12-7-4-8;1-3-11-4-2-7(1)9-14-8-5-12-6-13-10(8)15-9/h5-7,15H,1-4H2,(H,16,17);1-4,9,13H,5-8H2,(H,14,15);1-4,9,13H,5-8H2;3,6-8,12H,1-2,4-5H2,(H,14,15);1-2,5,8,12H,3-4,6-7H2,(H,13,14,15);5-7,11H,1-4H2,(H,12,13,14,15). The minimum Gasteiger partial charge on any atom is -0.342 e. The molecule has 6 aliphatic heterocycles. The number of H-pyrrole nitrogens is 5. The molecule has 24 heteroatoms. The van der Waals surface area contributed by atoms with Crippen molar-refractivity contribution in [2.45, 2.75) is 113 Å². The van der Waals surface area contributed by atoms with Gasteiger partial charge in [-0.1, -0.05) is 47.5 Å². The number of piperidine rings is 6. The summed E-state index contributed by atoms with van der Waals surface area (Å²) in [5.74, 6) is 9.01. The highest BCUT2D eigenvalue weighted by Crippen LogP contribution is 2.34. The van der Waals surface area contributed by atoms with E-state index in [9.17, 15) is 0 Å². The maximum absolute atomic E-state index is 5.99. The first-order valence-electron chi connectivity index (χ1n) is 33.1. The predicted molar refractivity (Wildman–Crippen MR) is 370 cm³/mol. The summed E-state index contributed by atoms with van der Waals surface area (Å²) in [6.07, 6.45) is 22.8. The maximum Gasteiger partial charge on any atom is 0.180 e. The smallest absolute Gasteiger partial charge is 0.180 e. The van der Waals surface area contributed by atoms with E-state index < -0.39 is 0 Å². The number of benzene rings is 3. The fourth-order valence-corrected chi connectivity index (χ4v) is 14.6. The summed E-state index contributed by atoms with van der Waals surface area (Å²) >= 11 is 13.8. The van der Waals surface area contributed by atoms with Crippen LogP contribution in [0.1, 0.15) is 147 Å². The van der Waals surface area contributed by atoms with Crippen LogP contribution in [0.25, 0.3) is 65.6 Å². The van der Waals surface area contributed by atoms with Gasteiger partial charge >= 0.3 is 0 Å². The Balaban J connectivity index is 0.000000101. The Kier molecular flexibility index (Phi) is 21.7. The molecular weight excluding hydrogens is 1210 g/mol. The van der Waals surface area contributed by atoms with Crippen molar-refractivity contribution in [1.82, 2.24) is 107 Å². The predicted octanol–water partition coefficient (Wildman–Crippen LogP) is 11.8. The minimum absolute atomic E-state index is 0.515. The maximum atomic E-state index is 5.99. The third kappa shape index (κ3) is 16.3. The molecule has 21 nitrogen and oxygen atoms in total. The molecule has 0 unspecified atom stereocenters. The summed E-state index contributed by atoms with van der Waals surface area (Å²) in [6, 6.07) is 26.3. The fraction of sp³-hybridized carbons (Fsp3) is 0.441. The molecule has 18 rings (SSSR count). The van der Waals surface area contributed by atoms with Gasteiger partial charge < -0.3 is 56.8 Å². The van der Waals surface area contributed by atoms with Gasteiger partial charge in [-0.2, -0.15) is 0 Å². The van der Waals surface area contributed by atoms with Crippen LogP contribution in [0.3, 0.4) is 0 Å². The van der Waals surface area contributed by atoms with E-state index in [1.54, 1.807) is 18.6 Å². The molecule has 12 aromatic rings. The van der Waals surface area contributed by atoms with Gasteiger partial charge in [0.05, 0.1) is 76.3 Å². The molecule has 6 fully saturated rings. The molecule has 6 aliphatic rings. The number of thiazole rings is 1. The molecule has 0 amide bonds. The number of nitrogens with zero attached hydrogens (tertiary/aromatic N) is 10. The molecule has 0 atom stereocenters. The molecule has 11 N–H and O–H groups in total. The van der Waals surface area contributed by atoms with Crippen molar-refractivity contribution in [2.24, 2.45) is 0 Å². The zero-order chi connectivity index (χ0) is 62.3. The van der Waals surface area contributed by atoms with E-state index >= 15 is 0 Å². The molecule has 0 saturated carbocycles. The molecule has 9 aromatic heterocycles. The van der Waals surface area contributed by atoms with E-state index in [0.29, 0.717) is 45.6 Å². The summed E-state index contributed by atoms with van der Waals surface area (Å²) in [6.45, 7) is 13.2. The molecule has 3 aromatic carbocycles. The Morgan fingerprint density at radius 3 is 1.29 bits per heavy atom. The number of halogens is 2. The highest BCUT2D eigenvalue weighted by Gasteiger charge is 2.24. The van der Waals surface area contributed by atoms with E-state index in [1.807, 2.05) is 60.0 Å². The second-order valence-electron chi connectivity index (χ2n) is 24.6. The second kappa shape index (κ2) is 31.5. The second-order valence-corrected chi connectivity index (χ2v) is 26.5. The number of para-hydroxylation sites is 3. The van der Waals surface area contributed by atoms with Crippen molar-refractivity contribution in [3.63, 3.8) is 0 Å². The lowest BCUT2D eigenvalue weighted by molar-refractivity contribution is 0.448. The Labute approximate surface area is 549 Å². The Morgan fingerprint density at radius 1 is 0.337 bits per heavy atom. The first kappa shape index (κ1) is 63.4. The number of hydrogen-bond donors (Lipinski definition) is 11. The summed E-state index contributed by atoms with van der Waals surface area (Å²) < 4.78 is 1.33. The van der Waals surface area contributed by atoms with Crippen LogP contribution in [0.15, 0.2) is 110 Å². The quantitative estimate of drug-likeness (QED) is 0.0738. The molecule has 6 saturated heterocycles. The Morgan fingerprint density at radius 2 is 0.761 bits per heavy atom. The number of rotatable bonds is 6. The van der Waals surface area contributed by atoms with Crippen LogP contribution in [-0.2, 0) is 0 Å². The molecule has 0 bridgehead atoms. The van der Waals surface area contributed by atoms with E-state index in [0.717, 1.165) is 194 Å². The lowest BCUT2D eigenvalue weighted by atomic mass is 9.98. The Hall–Kier alpha value is -7.38. The summed E-state index contributed by atoms with van der Waals surface area (Å²) in [7, 11) is 0. The van der Waals surface area contributed by atoms with Crippen molar-refractivity contribution in [1.29, 1.82) is 0 Å². The summed E-state index contributed by atoms with van der Waals surface area (Å²) in [5.41, 5.74) is 10.9. The highest BCUT2D eigenvalue weighted by atomic mass is 35.5. The third-order valence-corrected chi connectivity index (χ3v) is 20.3. The van der Waals surface area contributed by atoms with Crippen LogP contribution in [0.4, 0.5) is 0 Å². The summed E-state index contributed by atoms with van der Waals surface area (Å²) in [4.78, 5) is 60.9. The van der Waals surface area contributed by atoms with Gasteiger partial charge in [0.1, 0.15) is 41.0 Å². The summed E-state index contributed by atoms with van der Waals surface area (Å²) in [5, 5.41) is 22.7. The number of imidazole rings is 5. The highest BCUT2D eigenvalue weighted by molar-refractivity contribution is 7.18. The van der Waals surface area contributed by atoms with E-state index in [-0.39, 0.29) is 0 Å². The normalized spacial score (nSPS) is 18.3. The minimum atomic E-state index is 0.515. The van der Waals surface area contributed by atoms with Crippen molar-refractivity contribution in [2.75, 3.05) is 78.5 Å². The lowest BCUT2D eigenvalue weighted by Crippen LogP contribution is -2.27. The molecule has 0 aliphatic carbocycles. The lowest BCUT2D eigenvalue weighted by Gasteiger charge is -2.20. The molecule has 15 heterocycles. The van der Waals surface area contributed by atoms with Gasteiger partial charge in [0.25, 0.3) is 0 Å². The SMILES string of the molecule is Clc1cc2nc(C3CCNCC3)[nH]c2cc1Cl.c1cc2nc(C3CCNCC3)[nH]c2cn1.c1ccc2[nH]c(C3CCNCC3)nc2c1.c1ccc2sc(C3CCNCC3)nc2c1.c1cnc2nc(C3CCNCC3)[nH]c2c1.c1ncc2[nH]c(C3CCNCC3)nc2n1. The van der Waals surface area contributed by atoms with Crippen molar-refractivity contribution >= 4 is 100 Å². The van der Waals surface area contributed by atoms with Crippen LogP contribution in [0, 0.1) is 0 Å². The zero-order valence-electron chi connectivity index (χ0n) is 52.0. The van der Waals surface area contributed by atoms with E-state index in [2.05, 4.69) is 138 Å². The largest absolute Gasteiger partial charge is 0.342 e. The van der Waals surface area contributed by atoms with Gasteiger partial charge in [-0.05, 0) is 210 Å². The van der Waals surface area contributed by atoms with Crippen molar-refractivity contribution in [3.05, 3.63) is 154 Å². The van der Waals surface area contributed by atoms with Gasteiger partial charge in [0, 0.05) is 47.9 Å². The first-order chi connectivity index (χ1) is 45.4. The van der Waals surface area contributed by atoms with Crippen LogP contribution in [0.2, 0.25) is 10.0 Å². The van der Waals surface area contributed by atoms with Crippen LogP contribution in [-0.4, -0.2) is 153 Å². The number of fused-ring (bicyclic) bond motifs is 6. The molecule has 480 valence electrons. The third-order valence-electron chi connectivity index (χ3n) is 18.3. The molecule has 0 radical (unpaired) electrons. The first-order valence-corrected chi connectivity index (χ1v) is 34.6. The number of nitrogens with one attached hydrogen (secondary N) is 11. The van der Waals surface area contributed by atoms with E-state index in [1.165, 1.54) is 67.4 Å². The molecule has 0 spiro atoms. The fourth-order valence-electron chi connectivity index (χ4n) is 13.1. The van der Waals surface area contributed by atoms with Gasteiger partial charge in [-0.3, -0.25) is 4.98 Å². The number of aromatic amines is 5. The van der Waals surface area contributed by atoms with Gasteiger partial charge in [0.2, 0.25) is 0 Å². The van der Waals surface area contributed by atoms with Crippen LogP contribution >= 0.6 is 34.5 Å². The van der Waals surface area contributed by atoms with Gasteiger partial charge in [0.15, 0.2) is 11.3 Å². The van der Waals surface area contributed by atoms with Crippen molar-refractivity contribution in [3.8, 4) is 0 Å². The number of hydrogen-bond acceptors (Lipinski definition) is 17. The number of pyridine rings is 2. The van der Waals surface area contributed by atoms with Crippen LogP contribution < -0.4 is 31.9 Å². The average Bonchev–Trinajstić information content (AvgIpc) is 2.55. The zero-order valence-corrected chi connectivity index (χ0v) is 54.3. The Bertz CT molecular complexity index is 3520.